The third-order valence-corrected chi connectivity index (χ3v) is 6.30. The van der Waals surface area contributed by atoms with Crippen molar-refractivity contribution in [3.05, 3.63) is 95.7 Å². The number of rotatable bonds is 6. The molecule has 3 N–H and O–H groups in total. The van der Waals surface area contributed by atoms with Crippen molar-refractivity contribution in [3.8, 4) is 17.0 Å². The van der Waals surface area contributed by atoms with Crippen LogP contribution in [0.2, 0.25) is 0 Å². The predicted molar refractivity (Wildman–Crippen MR) is 132 cm³/mol. The minimum Gasteiger partial charge on any atom is -0.507 e. The lowest BCUT2D eigenvalue weighted by molar-refractivity contribution is 0.102. The van der Waals surface area contributed by atoms with E-state index in [2.05, 4.69) is 20.7 Å². The Morgan fingerprint density at radius 1 is 1.08 bits per heavy atom. The molecule has 0 aliphatic heterocycles. The molecule has 0 bridgehead atoms. The molecule has 9 heteroatoms. The first-order chi connectivity index (χ1) is 17.5. The Bertz CT molecular complexity index is 1420. The number of nitrogens with zero attached hydrogens (tertiary/aromatic N) is 3. The van der Waals surface area contributed by atoms with Crippen molar-refractivity contribution in [2.75, 3.05) is 5.32 Å². The topological polar surface area (TPSA) is 109 Å². The summed E-state index contributed by atoms with van der Waals surface area (Å²) in [5.74, 6) is -0.640. The molecule has 2 heterocycles. The third-order valence-electron chi connectivity index (χ3n) is 6.30. The highest BCUT2D eigenvalue weighted by Gasteiger charge is 2.27. The average molecular weight is 486 g/mol. The number of pyridine rings is 1. The molecular formula is C27H24FN5O3. The fourth-order valence-corrected chi connectivity index (χ4v) is 4.10. The van der Waals surface area contributed by atoms with E-state index in [-0.39, 0.29) is 29.9 Å². The van der Waals surface area contributed by atoms with Crippen LogP contribution in [0.15, 0.2) is 73.1 Å². The molecule has 1 aliphatic carbocycles. The van der Waals surface area contributed by atoms with E-state index >= 15 is 0 Å². The summed E-state index contributed by atoms with van der Waals surface area (Å²) in [4.78, 5) is 29.3. The number of aromatic nitrogens is 3. The second-order valence-corrected chi connectivity index (χ2v) is 8.67. The smallest absolute Gasteiger partial charge is 0.342 e. The van der Waals surface area contributed by atoms with Crippen molar-refractivity contribution in [2.45, 2.75) is 31.7 Å². The van der Waals surface area contributed by atoms with Crippen molar-refractivity contribution in [1.29, 1.82) is 0 Å². The number of carbonyl (C=O) groups is 2. The number of hydrogen-bond acceptors (Lipinski definition) is 5. The summed E-state index contributed by atoms with van der Waals surface area (Å²) in [7, 11) is 0. The zero-order valence-corrected chi connectivity index (χ0v) is 19.3. The maximum Gasteiger partial charge on any atom is 0.342 e. The number of phenols is 1. The van der Waals surface area contributed by atoms with Crippen molar-refractivity contribution in [2.24, 2.45) is 0 Å². The van der Waals surface area contributed by atoms with Crippen molar-refractivity contribution in [1.82, 2.24) is 20.1 Å². The van der Waals surface area contributed by atoms with Gasteiger partial charge < -0.3 is 15.7 Å². The molecule has 36 heavy (non-hydrogen) atoms. The van der Waals surface area contributed by atoms with Gasteiger partial charge in [0.25, 0.3) is 5.91 Å². The van der Waals surface area contributed by atoms with Crippen LogP contribution in [0.4, 0.5) is 14.9 Å². The van der Waals surface area contributed by atoms with E-state index in [1.807, 2.05) is 0 Å². The summed E-state index contributed by atoms with van der Waals surface area (Å²) in [6.45, 7) is 0.0292. The molecule has 2 amide bonds. The van der Waals surface area contributed by atoms with Crippen LogP contribution in [0.3, 0.4) is 0 Å². The lowest BCUT2D eigenvalue weighted by atomic mass is 9.82. The van der Waals surface area contributed by atoms with Gasteiger partial charge in [0.2, 0.25) is 0 Å². The fourth-order valence-electron chi connectivity index (χ4n) is 4.10. The quantitative estimate of drug-likeness (QED) is 0.353. The van der Waals surface area contributed by atoms with Gasteiger partial charge in [0, 0.05) is 47.7 Å². The van der Waals surface area contributed by atoms with E-state index in [4.69, 9.17) is 0 Å². The lowest BCUT2D eigenvalue weighted by Gasteiger charge is -2.25. The Labute approximate surface area is 206 Å². The van der Waals surface area contributed by atoms with Gasteiger partial charge in [-0.15, -0.1) is 0 Å². The molecule has 0 unspecified atom stereocenters. The molecule has 5 rings (SSSR count). The second kappa shape index (κ2) is 9.99. The van der Waals surface area contributed by atoms with Crippen LogP contribution in [-0.2, 0) is 6.54 Å². The summed E-state index contributed by atoms with van der Waals surface area (Å²) >= 11 is 0. The van der Waals surface area contributed by atoms with Crippen LogP contribution in [-0.4, -0.2) is 31.8 Å². The van der Waals surface area contributed by atoms with Gasteiger partial charge in [-0.2, -0.15) is 9.78 Å². The number of amides is 2. The van der Waals surface area contributed by atoms with Crippen molar-refractivity contribution < 1.29 is 19.1 Å². The Hall–Kier alpha value is -4.53. The normalized spacial score (nSPS) is 13.1. The highest BCUT2D eigenvalue weighted by Crippen LogP contribution is 2.39. The van der Waals surface area contributed by atoms with Crippen LogP contribution in [0.25, 0.3) is 11.3 Å². The molecule has 0 radical (unpaired) electrons. The molecule has 1 fully saturated rings. The number of hydrogen-bond donors (Lipinski definition) is 3. The van der Waals surface area contributed by atoms with Crippen LogP contribution in [0, 0.1) is 5.82 Å². The number of aromatic hydroxyl groups is 1. The van der Waals surface area contributed by atoms with E-state index in [9.17, 15) is 19.1 Å². The summed E-state index contributed by atoms with van der Waals surface area (Å²) < 4.78 is 15.3. The van der Waals surface area contributed by atoms with Gasteiger partial charge in [0.15, 0.2) is 0 Å². The standard InChI is InChI=1S/C27H24FN5O3/c28-22-9-2-1-5-18(22)16-30-27(36)33-24(17-6-3-7-17)14-23(32-33)21-11-10-20(13-25(21)34)31-26(35)19-8-4-12-29-15-19/h1-2,4-5,8-15,17,34H,3,6-7,16H2,(H,30,36)(H,31,35). The lowest BCUT2D eigenvalue weighted by Crippen LogP contribution is -2.31. The van der Waals surface area contributed by atoms with Gasteiger partial charge in [-0.1, -0.05) is 24.6 Å². The maximum atomic E-state index is 14.0. The zero-order valence-electron chi connectivity index (χ0n) is 19.3. The molecule has 1 saturated carbocycles. The summed E-state index contributed by atoms with van der Waals surface area (Å²) in [5, 5.41) is 20.6. The monoisotopic (exact) mass is 485 g/mol. The average Bonchev–Trinajstić information content (AvgIpc) is 3.27. The Morgan fingerprint density at radius 2 is 1.92 bits per heavy atom. The van der Waals surface area contributed by atoms with Gasteiger partial charge in [0.05, 0.1) is 17.0 Å². The molecular weight excluding hydrogens is 461 g/mol. The van der Waals surface area contributed by atoms with Gasteiger partial charge in [-0.3, -0.25) is 9.78 Å². The molecule has 0 spiro atoms. The highest BCUT2D eigenvalue weighted by molar-refractivity contribution is 6.04. The molecule has 8 nitrogen and oxygen atoms in total. The summed E-state index contributed by atoms with van der Waals surface area (Å²) in [6.07, 6.45) is 5.98. The highest BCUT2D eigenvalue weighted by atomic mass is 19.1. The number of phenolic OH excluding ortho intramolecular Hbond substituents is 1. The van der Waals surface area contributed by atoms with E-state index in [0.29, 0.717) is 28.1 Å². The summed E-state index contributed by atoms with van der Waals surface area (Å²) in [6, 6.07) is 15.6. The number of anilines is 1. The SMILES string of the molecule is O=C(Nc1ccc(-c2cc(C3CCC3)n(C(=O)NCc3ccccc3F)n2)c(O)c1)c1cccnc1. The summed E-state index contributed by atoms with van der Waals surface area (Å²) in [5.41, 5.74) is 2.79. The predicted octanol–water partition coefficient (Wildman–Crippen LogP) is 5.07. The van der Waals surface area contributed by atoms with Gasteiger partial charge >= 0.3 is 6.03 Å². The molecule has 0 saturated heterocycles. The number of halogens is 1. The fraction of sp³-hybridized carbons (Fsp3) is 0.185. The van der Waals surface area contributed by atoms with E-state index in [0.717, 1.165) is 25.0 Å². The molecule has 4 aromatic rings. The van der Waals surface area contributed by atoms with E-state index in [1.54, 1.807) is 54.7 Å². The van der Waals surface area contributed by atoms with Crippen LogP contribution >= 0.6 is 0 Å². The zero-order chi connectivity index (χ0) is 25.1. The first kappa shape index (κ1) is 23.2. The van der Waals surface area contributed by atoms with E-state index in [1.165, 1.54) is 23.0 Å². The first-order valence-corrected chi connectivity index (χ1v) is 11.7. The number of benzene rings is 2. The number of nitrogens with one attached hydrogen (secondary N) is 2. The van der Waals surface area contributed by atoms with Gasteiger partial charge in [-0.05, 0) is 49.2 Å². The van der Waals surface area contributed by atoms with Crippen LogP contribution < -0.4 is 10.6 Å². The molecule has 182 valence electrons. The largest absolute Gasteiger partial charge is 0.507 e. The Morgan fingerprint density at radius 3 is 2.61 bits per heavy atom. The first-order valence-electron chi connectivity index (χ1n) is 11.7. The molecule has 0 atom stereocenters. The second-order valence-electron chi connectivity index (χ2n) is 8.67. The Balaban J connectivity index is 1.37. The van der Waals surface area contributed by atoms with Crippen LogP contribution in [0.1, 0.15) is 46.8 Å². The molecule has 1 aliphatic rings. The van der Waals surface area contributed by atoms with Gasteiger partial charge in [0.1, 0.15) is 11.6 Å². The Kier molecular flexibility index (Phi) is 6.44. The van der Waals surface area contributed by atoms with Crippen LogP contribution in [0.5, 0.6) is 5.75 Å². The minimum atomic E-state index is -0.466. The molecule has 2 aromatic heterocycles. The van der Waals surface area contributed by atoms with Crippen molar-refractivity contribution in [3.63, 3.8) is 0 Å². The molecule has 2 aromatic carbocycles. The third kappa shape index (κ3) is 4.81. The number of carbonyl (C=O) groups excluding carboxylic acids is 2. The van der Waals surface area contributed by atoms with E-state index < -0.39 is 6.03 Å². The minimum absolute atomic E-state index is 0.0292. The van der Waals surface area contributed by atoms with Gasteiger partial charge in [-0.25, -0.2) is 9.18 Å². The maximum absolute atomic E-state index is 14.0. The van der Waals surface area contributed by atoms with Crippen molar-refractivity contribution >= 4 is 17.6 Å².